The molecule has 0 N–H and O–H groups in total. The van der Waals surface area contributed by atoms with Crippen molar-refractivity contribution in [2.75, 3.05) is 0 Å². The quantitative estimate of drug-likeness (QED) is 0.534. The van der Waals surface area contributed by atoms with Gasteiger partial charge in [-0.3, -0.25) is 0 Å². The molecule has 0 amide bonds. The average molecular weight is 310 g/mol. The summed E-state index contributed by atoms with van der Waals surface area (Å²) in [5.41, 5.74) is 6.83. The molecule has 0 saturated heterocycles. The molecule has 110 valence electrons. The van der Waals surface area contributed by atoms with E-state index in [1.54, 1.807) is 22.3 Å². The van der Waals surface area contributed by atoms with E-state index in [0.717, 1.165) is 0 Å². The number of rotatable bonds is 3. The fourth-order valence-electron chi connectivity index (χ4n) is 4.75. The van der Waals surface area contributed by atoms with E-state index in [0.29, 0.717) is 16.6 Å². The van der Waals surface area contributed by atoms with E-state index in [1.807, 2.05) is 0 Å². The monoisotopic (exact) mass is 310 g/mol. The fraction of sp³-hybridized carbons (Fsp3) is 0.706. The molecule has 0 aliphatic heterocycles. The van der Waals surface area contributed by atoms with Crippen LogP contribution in [0, 0.1) is 5.92 Å². The van der Waals surface area contributed by atoms with Gasteiger partial charge in [-0.2, -0.15) is 0 Å². The molecule has 0 bridgehead atoms. The number of hydrogen-bond donors (Lipinski definition) is 0. The van der Waals surface area contributed by atoms with Crippen LogP contribution in [0.5, 0.6) is 0 Å². The van der Waals surface area contributed by atoms with Crippen LogP contribution in [-0.2, 0) is 25.1 Å². The molecule has 0 saturated carbocycles. The number of carbonyl (C=O) groups is 1. The molecule has 3 aliphatic rings. The Labute approximate surface area is 126 Å². The predicted octanol–water partition coefficient (Wildman–Crippen LogP) is 5.11. The van der Waals surface area contributed by atoms with Gasteiger partial charge in [0.1, 0.15) is 0 Å². The Morgan fingerprint density at radius 1 is 1.10 bits per heavy atom. The molecule has 3 heteroatoms. The van der Waals surface area contributed by atoms with Gasteiger partial charge in [0.05, 0.1) is 0 Å². The summed E-state index contributed by atoms with van der Waals surface area (Å²) >= 11 is -2.50. The predicted molar refractivity (Wildman–Crippen MR) is 78.2 cm³/mol. The molecule has 20 heavy (non-hydrogen) atoms. The Morgan fingerprint density at radius 3 is 2.55 bits per heavy atom. The van der Waals surface area contributed by atoms with Gasteiger partial charge in [-0.1, -0.05) is 0 Å². The van der Waals surface area contributed by atoms with Crippen LogP contribution in [0.15, 0.2) is 22.3 Å². The summed E-state index contributed by atoms with van der Waals surface area (Å²) in [5.74, 6) is 0.630. The topological polar surface area (TPSA) is 26.3 Å². The normalized spacial score (nSPS) is 30.1. The third-order valence-electron chi connectivity index (χ3n) is 5.70. The van der Waals surface area contributed by atoms with Crippen LogP contribution in [0.3, 0.4) is 0 Å². The zero-order valence-corrected chi connectivity index (χ0v) is 14.6. The van der Waals surface area contributed by atoms with Crippen molar-refractivity contribution in [3.63, 3.8) is 0 Å². The molecule has 0 aromatic heterocycles. The Morgan fingerprint density at radius 2 is 1.80 bits per heavy atom. The van der Waals surface area contributed by atoms with Crippen LogP contribution in [0.2, 0.25) is 14.7 Å². The summed E-state index contributed by atoms with van der Waals surface area (Å²) in [6.45, 7) is 3.11. The first-order valence-electron chi connectivity index (χ1n) is 8.13. The van der Waals surface area contributed by atoms with Crippen LogP contribution in [-0.4, -0.2) is 6.47 Å². The standard InChI is InChI=1S/C14H19.CH2O2.2CH3.Ti/c1-10-11-6-2-4-8-13(11)14-9-5-3-7-12(10)14;2-1-3;;;/h6,10H,2-5,7-9H2,1H3;1H,(H,2,3);2*1H3;/q;;;;+1/p-1. The SMILES string of the molecule is CC1C2=C(CCCC2)C2=C1[CH]([Ti]([CH3])([CH3])[O]C=O)CCC2. The third kappa shape index (κ3) is 2.25. The molecule has 0 radical (unpaired) electrons. The van der Waals surface area contributed by atoms with Gasteiger partial charge in [0.25, 0.3) is 0 Å². The first kappa shape index (κ1) is 14.6. The number of allylic oxidation sites excluding steroid dienone is 4. The maximum atomic E-state index is 10.9. The number of hydrogen-bond acceptors (Lipinski definition) is 2. The molecule has 0 heterocycles. The van der Waals surface area contributed by atoms with Crippen molar-refractivity contribution in [3.05, 3.63) is 22.3 Å². The second-order valence-electron chi connectivity index (χ2n) is 7.13. The third-order valence-corrected chi connectivity index (χ3v) is 10.4. The molecule has 0 aromatic rings. The van der Waals surface area contributed by atoms with Crippen molar-refractivity contribution >= 4 is 6.47 Å². The first-order chi connectivity index (χ1) is 9.56. The van der Waals surface area contributed by atoms with Gasteiger partial charge < -0.3 is 0 Å². The van der Waals surface area contributed by atoms with Crippen molar-refractivity contribution in [1.29, 1.82) is 0 Å². The van der Waals surface area contributed by atoms with Crippen molar-refractivity contribution in [1.82, 2.24) is 0 Å². The minimum absolute atomic E-state index is 0.588. The van der Waals surface area contributed by atoms with E-state index in [9.17, 15) is 4.79 Å². The van der Waals surface area contributed by atoms with E-state index in [4.69, 9.17) is 3.32 Å². The van der Waals surface area contributed by atoms with Crippen LogP contribution in [0.4, 0.5) is 0 Å². The van der Waals surface area contributed by atoms with E-state index >= 15 is 0 Å². The van der Waals surface area contributed by atoms with Crippen LogP contribution in [0.25, 0.3) is 0 Å². The molecule has 3 rings (SSSR count). The van der Waals surface area contributed by atoms with Gasteiger partial charge in [0.2, 0.25) is 0 Å². The van der Waals surface area contributed by atoms with Gasteiger partial charge in [-0.15, -0.1) is 0 Å². The molecule has 0 spiro atoms. The van der Waals surface area contributed by atoms with Gasteiger partial charge in [-0.25, -0.2) is 0 Å². The molecule has 3 aliphatic carbocycles. The van der Waals surface area contributed by atoms with Crippen molar-refractivity contribution in [2.45, 2.75) is 66.5 Å². The van der Waals surface area contributed by atoms with Crippen LogP contribution in [0.1, 0.15) is 51.9 Å². The van der Waals surface area contributed by atoms with E-state index in [-0.39, 0.29) is 0 Å². The summed E-state index contributed by atoms with van der Waals surface area (Å²) in [4.78, 5) is 10.9. The van der Waals surface area contributed by atoms with Gasteiger partial charge in [0.15, 0.2) is 0 Å². The van der Waals surface area contributed by atoms with E-state index in [1.165, 1.54) is 44.9 Å². The Hall–Kier alpha value is -0.336. The Kier molecular flexibility index (Phi) is 3.98. The van der Waals surface area contributed by atoms with Gasteiger partial charge in [0, 0.05) is 0 Å². The van der Waals surface area contributed by atoms with Crippen molar-refractivity contribution in [2.24, 2.45) is 5.92 Å². The second-order valence-corrected chi connectivity index (χ2v) is 13.6. The van der Waals surface area contributed by atoms with Gasteiger partial charge in [-0.05, 0) is 0 Å². The number of fused-ring (bicyclic) bond motifs is 1. The van der Waals surface area contributed by atoms with E-state index < -0.39 is 17.0 Å². The molecule has 2 atom stereocenters. The second kappa shape index (κ2) is 5.46. The van der Waals surface area contributed by atoms with Crippen LogP contribution >= 0.6 is 0 Å². The molecule has 2 unspecified atom stereocenters. The zero-order chi connectivity index (χ0) is 14.3. The molecular formula is C17H26O2Ti. The molecular weight excluding hydrogens is 284 g/mol. The van der Waals surface area contributed by atoms with Gasteiger partial charge >= 0.3 is 126 Å². The minimum atomic E-state index is -2.50. The molecule has 0 aromatic carbocycles. The Balaban J connectivity index is 1.98. The summed E-state index contributed by atoms with van der Waals surface area (Å²) in [6.07, 6.45) is 9.13. The van der Waals surface area contributed by atoms with Crippen LogP contribution < -0.4 is 0 Å². The summed E-state index contributed by atoms with van der Waals surface area (Å²) < 4.78 is 6.22. The summed E-state index contributed by atoms with van der Waals surface area (Å²) in [6, 6.07) is 0. The maximum absolute atomic E-state index is 10.9. The van der Waals surface area contributed by atoms with Crippen molar-refractivity contribution in [3.8, 4) is 0 Å². The summed E-state index contributed by atoms with van der Waals surface area (Å²) in [5, 5.41) is 4.53. The Bertz CT molecular complexity index is 487. The van der Waals surface area contributed by atoms with Crippen molar-refractivity contribution < 1.29 is 25.1 Å². The zero-order valence-electron chi connectivity index (χ0n) is 13.0. The first-order valence-corrected chi connectivity index (χ1v) is 12.8. The average Bonchev–Trinajstić information content (AvgIpc) is 2.73. The molecule has 0 fully saturated rings. The molecule has 2 nitrogen and oxygen atoms in total. The summed E-state index contributed by atoms with van der Waals surface area (Å²) in [7, 11) is 0. The fourth-order valence-corrected chi connectivity index (χ4v) is 8.63. The number of carbonyl (C=O) groups excluding carboxylic acids is 1. The van der Waals surface area contributed by atoms with E-state index in [2.05, 4.69) is 17.4 Å².